The van der Waals surface area contributed by atoms with E-state index in [4.69, 9.17) is 9.84 Å². The lowest BCUT2D eigenvalue weighted by Crippen LogP contribution is -2.40. The minimum atomic E-state index is -1.06. The minimum absolute atomic E-state index is 0.0293. The number of amides is 1. The maximum Gasteiger partial charge on any atom is 0.305 e. The summed E-state index contributed by atoms with van der Waals surface area (Å²) in [5.41, 5.74) is 0.367. The monoisotopic (exact) mass is 341 g/mol. The number of ether oxygens (including phenoxy) is 1. The van der Waals surface area contributed by atoms with Crippen LogP contribution in [0.3, 0.4) is 0 Å². The normalized spacial score (nSPS) is 11.8. The molecule has 7 heteroatoms. The Morgan fingerprint density at radius 3 is 2.67 bits per heavy atom. The Labute approximate surface area is 139 Å². The van der Waals surface area contributed by atoms with Crippen molar-refractivity contribution in [1.29, 1.82) is 0 Å². The van der Waals surface area contributed by atoms with Crippen molar-refractivity contribution in [2.75, 3.05) is 13.2 Å². The number of carboxylic acid groups (broad SMARTS) is 1. The first-order valence-corrected chi connectivity index (χ1v) is 7.52. The average molecular weight is 341 g/mol. The fraction of sp³-hybridized carbons (Fsp3) is 0.412. The van der Waals surface area contributed by atoms with E-state index in [9.17, 15) is 18.4 Å². The molecule has 0 spiro atoms. The van der Waals surface area contributed by atoms with Crippen LogP contribution in [-0.2, 0) is 20.9 Å². The minimum Gasteiger partial charge on any atom is -0.481 e. The predicted octanol–water partition coefficient (Wildman–Crippen LogP) is 2.75. The highest BCUT2D eigenvalue weighted by Gasteiger charge is 2.22. The summed E-state index contributed by atoms with van der Waals surface area (Å²) in [5.74, 6) is -3.47. The first-order valence-electron chi connectivity index (χ1n) is 7.52. The number of halogens is 2. The van der Waals surface area contributed by atoms with Crippen molar-refractivity contribution < 1.29 is 28.2 Å². The highest BCUT2D eigenvalue weighted by molar-refractivity contribution is 5.81. The van der Waals surface area contributed by atoms with E-state index in [0.29, 0.717) is 18.6 Å². The molecule has 0 radical (unpaired) electrons. The van der Waals surface area contributed by atoms with Crippen LogP contribution in [-0.4, -0.2) is 41.1 Å². The van der Waals surface area contributed by atoms with Crippen LogP contribution in [0.15, 0.2) is 30.9 Å². The van der Waals surface area contributed by atoms with Crippen LogP contribution in [0.5, 0.6) is 0 Å². The van der Waals surface area contributed by atoms with Crippen LogP contribution in [0.2, 0.25) is 0 Å². The third-order valence-corrected chi connectivity index (χ3v) is 3.30. The third kappa shape index (κ3) is 6.45. The number of aliphatic carboxylic acids is 1. The van der Waals surface area contributed by atoms with Crippen molar-refractivity contribution in [3.8, 4) is 0 Å². The molecule has 1 unspecified atom stereocenters. The first-order chi connectivity index (χ1) is 11.3. The number of nitrogens with zero attached hydrogens (tertiary/aromatic N) is 1. The van der Waals surface area contributed by atoms with Gasteiger partial charge in [0.2, 0.25) is 0 Å². The molecule has 1 aromatic rings. The first kappa shape index (κ1) is 19.8. The zero-order valence-electron chi connectivity index (χ0n) is 13.5. The average Bonchev–Trinajstić information content (AvgIpc) is 2.54. The Morgan fingerprint density at radius 1 is 1.38 bits per heavy atom. The highest BCUT2D eigenvalue weighted by atomic mass is 19.2. The van der Waals surface area contributed by atoms with Gasteiger partial charge in [0.25, 0.3) is 5.91 Å². The molecule has 1 aromatic carbocycles. The van der Waals surface area contributed by atoms with Gasteiger partial charge in [-0.1, -0.05) is 12.1 Å². The van der Waals surface area contributed by atoms with Crippen LogP contribution in [0, 0.1) is 11.6 Å². The van der Waals surface area contributed by atoms with Gasteiger partial charge < -0.3 is 14.7 Å². The lowest BCUT2D eigenvalue weighted by molar-refractivity contribution is -0.144. The van der Waals surface area contributed by atoms with Crippen molar-refractivity contribution >= 4 is 11.9 Å². The molecule has 0 saturated heterocycles. The zero-order chi connectivity index (χ0) is 18.1. The second-order valence-electron chi connectivity index (χ2n) is 5.24. The molecule has 0 aliphatic heterocycles. The lowest BCUT2D eigenvalue weighted by atomic mass is 10.2. The maximum absolute atomic E-state index is 13.3. The van der Waals surface area contributed by atoms with E-state index in [1.165, 1.54) is 11.0 Å². The molecule has 0 bridgehead atoms. The smallest absolute Gasteiger partial charge is 0.305 e. The summed E-state index contributed by atoms with van der Waals surface area (Å²) in [4.78, 5) is 24.5. The van der Waals surface area contributed by atoms with Crippen LogP contribution >= 0.6 is 0 Å². The number of hydrogen-bond donors (Lipinski definition) is 1. The molecule has 1 N–H and O–H groups in total. The van der Waals surface area contributed by atoms with Crippen molar-refractivity contribution in [3.63, 3.8) is 0 Å². The zero-order valence-corrected chi connectivity index (χ0v) is 13.5. The van der Waals surface area contributed by atoms with Gasteiger partial charge in [0.1, 0.15) is 6.10 Å². The highest BCUT2D eigenvalue weighted by Crippen LogP contribution is 2.13. The molecule has 1 rings (SSSR count). The predicted molar refractivity (Wildman–Crippen MR) is 84.3 cm³/mol. The van der Waals surface area contributed by atoms with E-state index < -0.39 is 29.6 Å². The number of carbonyl (C=O) groups is 2. The van der Waals surface area contributed by atoms with E-state index >= 15 is 0 Å². The number of benzene rings is 1. The van der Waals surface area contributed by atoms with Gasteiger partial charge in [-0.05, 0) is 31.0 Å². The van der Waals surface area contributed by atoms with Gasteiger partial charge in [0, 0.05) is 13.1 Å². The molecule has 1 amide bonds. The molecule has 0 aliphatic carbocycles. The van der Waals surface area contributed by atoms with Crippen LogP contribution < -0.4 is 0 Å². The summed E-state index contributed by atoms with van der Waals surface area (Å²) in [5, 5.41) is 8.81. The molecular weight excluding hydrogens is 320 g/mol. The standard InChI is InChI=1S/C17H21F2NO4/c1-3-4-9-24-12(2)17(23)20(8-7-16(21)22)11-13-5-6-14(18)15(19)10-13/h3,5-6,10,12H,1,4,7-9,11H2,2H3,(H,21,22). The molecule has 0 saturated carbocycles. The molecule has 24 heavy (non-hydrogen) atoms. The summed E-state index contributed by atoms with van der Waals surface area (Å²) < 4.78 is 31.7. The van der Waals surface area contributed by atoms with Crippen molar-refractivity contribution in [3.05, 3.63) is 48.1 Å². The maximum atomic E-state index is 13.3. The Kier molecular flexibility index (Phi) is 8.05. The van der Waals surface area contributed by atoms with E-state index in [-0.39, 0.29) is 19.5 Å². The van der Waals surface area contributed by atoms with Crippen LogP contribution in [0.1, 0.15) is 25.3 Å². The number of carboxylic acids is 1. The molecule has 0 heterocycles. The third-order valence-electron chi connectivity index (χ3n) is 3.30. The molecule has 0 aromatic heterocycles. The Bertz CT molecular complexity index is 592. The molecular formula is C17H21F2NO4. The van der Waals surface area contributed by atoms with E-state index in [2.05, 4.69) is 6.58 Å². The number of carbonyl (C=O) groups excluding carboxylic acids is 1. The quantitative estimate of drug-likeness (QED) is 0.525. The van der Waals surface area contributed by atoms with Gasteiger partial charge >= 0.3 is 5.97 Å². The van der Waals surface area contributed by atoms with E-state index in [1.54, 1.807) is 13.0 Å². The Morgan fingerprint density at radius 2 is 2.08 bits per heavy atom. The van der Waals surface area contributed by atoms with Crippen molar-refractivity contribution in [2.45, 2.75) is 32.4 Å². The van der Waals surface area contributed by atoms with Gasteiger partial charge in [-0.2, -0.15) is 0 Å². The second kappa shape index (κ2) is 9.77. The summed E-state index contributed by atoms with van der Waals surface area (Å²) in [6.07, 6.45) is 1.20. The van der Waals surface area contributed by atoms with Gasteiger partial charge in [-0.15, -0.1) is 6.58 Å². The molecule has 1 atom stereocenters. The largest absolute Gasteiger partial charge is 0.481 e. The van der Waals surface area contributed by atoms with E-state index in [1.807, 2.05) is 0 Å². The molecule has 0 aliphatic rings. The van der Waals surface area contributed by atoms with Gasteiger partial charge in [0.15, 0.2) is 11.6 Å². The molecule has 132 valence electrons. The fourth-order valence-corrected chi connectivity index (χ4v) is 2.01. The van der Waals surface area contributed by atoms with Crippen LogP contribution in [0.4, 0.5) is 8.78 Å². The van der Waals surface area contributed by atoms with E-state index in [0.717, 1.165) is 12.1 Å². The van der Waals surface area contributed by atoms with Crippen molar-refractivity contribution in [1.82, 2.24) is 4.90 Å². The Hall–Kier alpha value is -2.28. The van der Waals surface area contributed by atoms with Crippen LogP contribution in [0.25, 0.3) is 0 Å². The SMILES string of the molecule is C=CCCOC(C)C(=O)N(CCC(=O)O)Cc1ccc(F)c(F)c1. The Balaban J connectivity index is 2.81. The summed E-state index contributed by atoms with van der Waals surface area (Å²) in [6.45, 7) is 5.34. The summed E-state index contributed by atoms with van der Waals surface area (Å²) in [7, 11) is 0. The second-order valence-corrected chi connectivity index (χ2v) is 5.24. The van der Waals surface area contributed by atoms with Gasteiger partial charge in [-0.25, -0.2) is 8.78 Å². The topological polar surface area (TPSA) is 66.8 Å². The lowest BCUT2D eigenvalue weighted by Gasteiger charge is -2.25. The molecule has 0 fully saturated rings. The van der Waals surface area contributed by atoms with Gasteiger partial charge in [-0.3, -0.25) is 9.59 Å². The fourth-order valence-electron chi connectivity index (χ4n) is 2.01. The molecule has 5 nitrogen and oxygen atoms in total. The summed E-state index contributed by atoms with van der Waals surface area (Å²) >= 11 is 0. The summed E-state index contributed by atoms with van der Waals surface area (Å²) in [6, 6.07) is 3.30. The van der Waals surface area contributed by atoms with Gasteiger partial charge in [0.05, 0.1) is 13.0 Å². The number of rotatable bonds is 10. The van der Waals surface area contributed by atoms with Crippen molar-refractivity contribution in [2.24, 2.45) is 0 Å². The number of hydrogen-bond acceptors (Lipinski definition) is 3.